The Balaban J connectivity index is 1.65. The summed E-state index contributed by atoms with van der Waals surface area (Å²) in [6, 6.07) is 5.93. The van der Waals surface area contributed by atoms with E-state index in [1.165, 1.54) is 0 Å². The summed E-state index contributed by atoms with van der Waals surface area (Å²) in [5, 5.41) is 23.3. The predicted molar refractivity (Wildman–Crippen MR) is 110 cm³/mol. The second kappa shape index (κ2) is 7.37. The lowest BCUT2D eigenvalue weighted by atomic mass is 9.75. The lowest BCUT2D eigenvalue weighted by Crippen LogP contribution is -2.57. The minimum atomic E-state index is -1.26. The monoisotopic (exact) mass is 409 g/mol. The van der Waals surface area contributed by atoms with Crippen molar-refractivity contribution < 1.29 is 24.6 Å². The molecule has 4 rings (SSSR count). The quantitative estimate of drug-likeness (QED) is 0.618. The van der Waals surface area contributed by atoms with Gasteiger partial charge in [-0.15, -0.1) is 0 Å². The molecule has 1 aromatic carbocycles. The van der Waals surface area contributed by atoms with Crippen LogP contribution in [-0.2, 0) is 22.6 Å². The first-order valence-electron chi connectivity index (χ1n) is 9.85. The molecule has 3 atom stereocenters. The molecule has 8 heteroatoms. The van der Waals surface area contributed by atoms with Crippen LogP contribution in [0.15, 0.2) is 48.6 Å². The summed E-state index contributed by atoms with van der Waals surface area (Å²) in [7, 11) is 0. The largest absolute Gasteiger partial charge is 0.481 e. The van der Waals surface area contributed by atoms with Gasteiger partial charge in [0.1, 0.15) is 11.5 Å². The average molecular weight is 409 g/mol. The van der Waals surface area contributed by atoms with Crippen LogP contribution in [0.25, 0.3) is 10.9 Å². The van der Waals surface area contributed by atoms with Crippen molar-refractivity contribution in [2.75, 3.05) is 0 Å². The molecular weight excluding hydrogens is 386 g/mol. The molecule has 0 saturated heterocycles. The maximum atomic E-state index is 13.2. The molecule has 0 bridgehead atoms. The van der Waals surface area contributed by atoms with Crippen LogP contribution in [0.1, 0.15) is 24.6 Å². The topological polar surface area (TPSA) is 123 Å². The number of aliphatic carboxylic acids is 1. The highest BCUT2D eigenvalue weighted by Gasteiger charge is 2.45. The van der Waals surface area contributed by atoms with Crippen molar-refractivity contribution in [3.63, 3.8) is 0 Å². The summed E-state index contributed by atoms with van der Waals surface area (Å²) in [6.45, 7) is 1.81. The van der Waals surface area contributed by atoms with Crippen LogP contribution >= 0.6 is 0 Å². The first-order valence-corrected chi connectivity index (χ1v) is 9.85. The summed E-state index contributed by atoms with van der Waals surface area (Å²) in [5.41, 5.74) is 1.32. The van der Waals surface area contributed by atoms with E-state index in [1.807, 2.05) is 24.3 Å². The smallest absolute Gasteiger partial charge is 0.408 e. The molecule has 0 spiro atoms. The van der Waals surface area contributed by atoms with Gasteiger partial charge in [0, 0.05) is 23.0 Å². The Morgan fingerprint density at radius 2 is 2.00 bits per heavy atom. The number of carboxylic acids is 1. The SMILES string of the molecule is CCC1(C(=O)O)C=CC=CC1NC(=O)C1Cc2c([nH]c3ccccc23)CN1C(=O)O. The van der Waals surface area contributed by atoms with E-state index in [0.29, 0.717) is 0 Å². The van der Waals surface area contributed by atoms with E-state index in [-0.39, 0.29) is 19.4 Å². The van der Waals surface area contributed by atoms with Gasteiger partial charge in [0.05, 0.1) is 12.6 Å². The number of amides is 2. The van der Waals surface area contributed by atoms with E-state index in [4.69, 9.17) is 0 Å². The third-order valence-corrected chi connectivity index (χ3v) is 6.20. The van der Waals surface area contributed by atoms with Crippen LogP contribution in [-0.4, -0.2) is 50.2 Å². The van der Waals surface area contributed by atoms with Crippen molar-refractivity contribution >= 4 is 28.9 Å². The number of nitrogens with zero attached hydrogens (tertiary/aromatic N) is 1. The van der Waals surface area contributed by atoms with Crippen molar-refractivity contribution in [2.45, 2.75) is 38.4 Å². The van der Waals surface area contributed by atoms with Crippen LogP contribution in [0.5, 0.6) is 0 Å². The number of rotatable bonds is 4. The normalized spacial score (nSPS) is 25.2. The van der Waals surface area contributed by atoms with Gasteiger partial charge in [0.2, 0.25) is 5.91 Å². The fourth-order valence-electron chi connectivity index (χ4n) is 4.44. The van der Waals surface area contributed by atoms with Crippen molar-refractivity contribution in [1.82, 2.24) is 15.2 Å². The van der Waals surface area contributed by atoms with Crippen molar-refractivity contribution in [3.8, 4) is 0 Å². The van der Waals surface area contributed by atoms with E-state index < -0.39 is 35.5 Å². The molecule has 2 aromatic rings. The van der Waals surface area contributed by atoms with Crippen molar-refractivity contribution in [1.29, 1.82) is 0 Å². The number of H-pyrrole nitrogens is 1. The lowest BCUT2D eigenvalue weighted by molar-refractivity contribution is -0.147. The first-order chi connectivity index (χ1) is 14.4. The molecule has 1 aromatic heterocycles. The Morgan fingerprint density at radius 1 is 1.23 bits per heavy atom. The zero-order valence-corrected chi connectivity index (χ0v) is 16.5. The molecule has 30 heavy (non-hydrogen) atoms. The number of carbonyl (C=O) groups is 3. The number of fused-ring (bicyclic) bond motifs is 3. The van der Waals surface area contributed by atoms with Crippen LogP contribution in [0.4, 0.5) is 4.79 Å². The molecular formula is C22H23N3O5. The van der Waals surface area contributed by atoms with Gasteiger partial charge in [0.15, 0.2) is 0 Å². The van der Waals surface area contributed by atoms with Crippen LogP contribution in [0.2, 0.25) is 0 Å². The Bertz CT molecular complexity index is 1090. The molecule has 0 radical (unpaired) electrons. The van der Waals surface area contributed by atoms with Crippen LogP contribution in [0.3, 0.4) is 0 Å². The molecule has 1 aliphatic heterocycles. The average Bonchev–Trinajstić information content (AvgIpc) is 3.10. The number of aromatic amines is 1. The molecule has 156 valence electrons. The lowest BCUT2D eigenvalue weighted by Gasteiger charge is -2.37. The number of allylic oxidation sites excluding steroid dienone is 2. The van der Waals surface area contributed by atoms with Crippen LogP contribution in [0, 0.1) is 5.41 Å². The van der Waals surface area contributed by atoms with Gasteiger partial charge in [-0.05, 0) is 18.1 Å². The van der Waals surface area contributed by atoms with E-state index in [1.54, 1.807) is 31.2 Å². The van der Waals surface area contributed by atoms with E-state index in [9.17, 15) is 24.6 Å². The number of hydrogen-bond acceptors (Lipinski definition) is 3. The number of nitrogens with one attached hydrogen (secondary N) is 2. The second-order valence-corrected chi connectivity index (χ2v) is 7.69. The number of hydrogen-bond donors (Lipinski definition) is 4. The first kappa shape index (κ1) is 19.8. The Hall–Kier alpha value is -3.55. The highest BCUT2D eigenvalue weighted by molar-refractivity contribution is 5.91. The fraction of sp³-hybridized carbons (Fsp3) is 0.318. The summed E-state index contributed by atoms with van der Waals surface area (Å²) >= 11 is 0. The van der Waals surface area contributed by atoms with Crippen molar-refractivity contribution in [3.05, 3.63) is 59.8 Å². The molecule has 2 heterocycles. The van der Waals surface area contributed by atoms with E-state index in [0.717, 1.165) is 27.1 Å². The summed E-state index contributed by atoms with van der Waals surface area (Å²) in [6.07, 6.45) is 5.87. The second-order valence-electron chi connectivity index (χ2n) is 7.69. The highest BCUT2D eigenvalue weighted by Crippen LogP contribution is 2.34. The Labute approximate surface area is 172 Å². The number of carbonyl (C=O) groups excluding carboxylic acids is 1. The maximum Gasteiger partial charge on any atom is 0.408 e. The summed E-state index contributed by atoms with van der Waals surface area (Å²) < 4.78 is 0. The Morgan fingerprint density at radius 3 is 2.70 bits per heavy atom. The van der Waals surface area contributed by atoms with E-state index in [2.05, 4.69) is 10.3 Å². The van der Waals surface area contributed by atoms with Gasteiger partial charge in [-0.1, -0.05) is 49.4 Å². The third kappa shape index (κ3) is 3.04. The molecule has 2 amide bonds. The number of benzene rings is 1. The fourth-order valence-corrected chi connectivity index (χ4v) is 4.44. The molecule has 4 N–H and O–H groups in total. The minimum Gasteiger partial charge on any atom is -0.481 e. The van der Waals surface area contributed by atoms with Gasteiger partial charge in [-0.3, -0.25) is 14.5 Å². The van der Waals surface area contributed by atoms with Crippen molar-refractivity contribution in [2.24, 2.45) is 5.41 Å². The number of carboxylic acid groups (broad SMARTS) is 2. The van der Waals surface area contributed by atoms with E-state index >= 15 is 0 Å². The van der Waals surface area contributed by atoms with Gasteiger partial charge in [-0.2, -0.15) is 0 Å². The highest BCUT2D eigenvalue weighted by atomic mass is 16.4. The predicted octanol–water partition coefficient (Wildman–Crippen LogP) is 2.66. The standard InChI is InChI=1S/C22H23N3O5/c1-2-22(20(27)28)10-6-5-9-18(22)24-19(26)17-11-14-13-7-3-4-8-15(13)23-16(14)12-25(17)21(29)30/h3-10,17-18,23H,2,11-12H2,1H3,(H,24,26)(H,27,28)(H,29,30). The number of aromatic nitrogens is 1. The maximum absolute atomic E-state index is 13.2. The van der Waals surface area contributed by atoms with Gasteiger partial charge in [0.25, 0.3) is 0 Å². The van der Waals surface area contributed by atoms with Crippen LogP contribution < -0.4 is 5.32 Å². The zero-order valence-electron chi connectivity index (χ0n) is 16.5. The van der Waals surface area contributed by atoms with Gasteiger partial charge >= 0.3 is 12.1 Å². The molecule has 0 fully saturated rings. The third-order valence-electron chi connectivity index (χ3n) is 6.20. The summed E-state index contributed by atoms with van der Waals surface area (Å²) in [4.78, 5) is 41.4. The van der Waals surface area contributed by atoms with Gasteiger partial charge in [-0.25, -0.2) is 4.79 Å². The molecule has 1 aliphatic carbocycles. The Kier molecular flexibility index (Phi) is 4.85. The minimum absolute atomic E-state index is 0.0652. The molecule has 3 unspecified atom stereocenters. The molecule has 8 nitrogen and oxygen atoms in total. The molecule has 0 saturated carbocycles. The van der Waals surface area contributed by atoms with Gasteiger partial charge < -0.3 is 20.5 Å². The zero-order chi connectivity index (χ0) is 21.5. The number of para-hydroxylation sites is 1. The molecule has 2 aliphatic rings. The summed E-state index contributed by atoms with van der Waals surface area (Å²) in [5.74, 6) is -1.54.